The van der Waals surface area contributed by atoms with Gasteiger partial charge in [0.1, 0.15) is 12.4 Å². The summed E-state index contributed by atoms with van der Waals surface area (Å²) in [5.74, 6) is 0.293. The molecule has 1 saturated heterocycles. The second-order valence-corrected chi connectivity index (χ2v) is 7.97. The van der Waals surface area contributed by atoms with Gasteiger partial charge in [0.25, 0.3) is 0 Å². The molecule has 7 heteroatoms. The zero-order valence-electron chi connectivity index (χ0n) is 13.9. The van der Waals surface area contributed by atoms with Crippen LogP contribution in [-0.4, -0.2) is 44.1 Å². The van der Waals surface area contributed by atoms with Gasteiger partial charge >= 0.3 is 0 Å². The van der Waals surface area contributed by atoms with Crippen LogP contribution >= 0.6 is 0 Å². The summed E-state index contributed by atoms with van der Waals surface area (Å²) in [5.41, 5.74) is 0.668. The highest BCUT2D eigenvalue weighted by Gasteiger charge is 2.31. The van der Waals surface area contributed by atoms with Crippen molar-refractivity contribution in [2.24, 2.45) is 5.92 Å². The van der Waals surface area contributed by atoms with Crippen LogP contribution in [0.1, 0.15) is 19.8 Å². The fourth-order valence-electron chi connectivity index (χ4n) is 2.63. The molecule has 0 bridgehead atoms. The zero-order valence-corrected chi connectivity index (χ0v) is 14.7. The average molecular weight is 352 g/mol. The van der Waals surface area contributed by atoms with Crippen molar-refractivity contribution in [2.45, 2.75) is 19.8 Å². The highest BCUT2D eigenvalue weighted by Crippen LogP contribution is 2.22. The van der Waals surface area contributed by atoms with E-state index in [1.54, 1.807) is 37.3 Å². The monoisotopic (exact) mass is 352 g/mol. The Labute approximate surface area is 143 Å². The van der Waals surface area contributed by atoms with E-state index in [1.165, 1.54) is 4.31 Å². The molecule has 132 valence electrons. The third kappa shape index (κ3) is 4.82. The van der Waals surface area contributed by atoms with Crippen molar-refractivity contribution in [1.29, 1.82) is 0 Å². The molecule has 1 aliphatic rings. The lowest BCUT2D eigenvalue weighted by atomic mass is 9.99. The maximum absolute atomic E-state index is 12.4. The second kappa shape index (κ2) is 8.30. The molecule has 6 nitrogen and oxygen atoms in total. The average Bonchev–Trinajstić information content (AvgIpc) is 2.61. The number of piperidine rings is 1. The van der Waals surface area contributed by atoms with Crippen molar-refractivity contribution in [3.05, 3.63) is 36.9 Å². The van der Waals surface area contributed by atoms with Crippen LogP contribution in [0.25, 0.3) is 0 Å². The fourth-order valence-corrected chi connectivity index (χ4v) is 3.81. The molecule has 0 aromatic heterocycles. The molecular weight excluding hydrogens is 328 g/mol. The maximum Gasteiger partial charge on any atom is 0.228 e. The highest BCUT2D eigenvalue weighted by atomic mass is 32.2. The molecule has 1 heterocycles. The van der Waals surface area contributed by atoms with E-state index in [0.717, 1.165) is 0 Å². The second-order valence-electron chi connectivity index (χ2n) is 5.71. The molecule has 2 rings (SSSR count). The molecule has 0 aliphatic carbocycles. The largest absolute Gasteiger partial charge is 0.490 e. The Hall–Kier alpha value is -1.86. The van der Waals surface area contributed by atoms with Crippen molar-refractivity contribution < 1.29 is 17.9 Å². The van der Waals surface area contributed by atoms with Gasteiger partial charge in [-0.3, -0.25) is 4.79 Å². The Kier molecular flexibility index (Phi) is 6.39. The molecule has 1 amide bonds. The number of rotatable bonds is 7. The highest BCUT2D eigenvalue weighted by molar-refractivity contribution is 7.89. The minimum Gasteiger partial charge on any atom is -0.490 e. The molecule has 1 aliphatic heterocycles. The van der Waals surface area contributed by atoms with Gasteiger partial charge in [-0.05, 0) is 44.0 Å². The molecule has 0 unspecified atom stereocenters. The molecular formula is C17H24N2O4S. The van der Waals surface area contributed by atoms with Gasteiger partial charge in [0.2, 0.25) is 15.9 Å². The van der Waals surface area contributed by atoms with Gasteiger partial charge in [0, 0.05) is 18.8 Å². The van der Waals surface area contributed by atoms with Gasteiger partial charge in [-0.25, -0.2) is 12.7 Å². The van der Waals surface area contributed by atoms with Gasteiger partial charge in [-0.15, -0.1) is 0 Å². The van der Waals surface area contributed by atoms with Crippen LogP contribution < -0.4 is 10.1 Å². The van der Waals surface area contributed by atoms with E-state index in [1.807, 2.05) is 0 Å². The predicted octanol–water partition coefficient (Wildman–Crippen LogP) is 2.25. The van der Waals surface area contributed by atoms with Crippen molar-refractivity contribution in [1.82, 2.24) is 4.31 Å². The molecule has 1 atom stereocenters. The lowest BCUT2D eigenvalue weighted by Crippen LogP contribution is -2.44. The van der Waals surface area contributed by atoms with Gasteiger partial charge in [-0.1, -0.05) is 12.7 Å². The molecule has 1 aromatic rings. The summed E-state index contributed by atoms with van der Waals surface area (Å²) >= 11 is 0. The minimum absolute atomic E-state index is 0.0630. The van der Waals surface area contributed by atoms with Gasteiger partial charge in [0.05, 0.1) is 11.7 Å². The first-order valence-electron chi connectivity index (χ1n) is 8.08. The van der Waals surface area contributed by atoms with Crippen molar-refractivity contribution in [2.75, 3.05) is 30.8 Å². The van der Waals surface area contributed by atoms with E-state index in [2.05, 4.69) is 11.9 Å². The standard InChI is InChI=1S/C17H24N2O4S/c1-3-12-23-16-9-7-15(8-10-16)18-17(20)14-6-5-11-19(13-14)24(21,22)4-2/h3,7-10,14H,1,4-6,11-13H2,2H3,(H,18,20)/t14-/m0/s1. The number of hydrogen-bond donors (Lipinski definition) is 1. The third-order valence-electron chi connectivity index (χ3n) is 4.00. The summed E-state index contributed by atoms with van der Waals surface area (Å²) in [6.07, 6.45) is 3.06. The minimum atomic E-state index is -3.25. The van der Waals surface area contributed by atoms with Crippen LogP contribution in [0.15, 0.2) is 36.9 Å². The lowest BCUT2D eigenvalue weighted by molar-refractivity contribution is -0.120. The number of ether oxygens (including phenoxy) is 1. The summed E-state index contributed by atoms with van der Waals surface area (Å²) in [6, 6.07) is 7.07. The fraction of sp³-hybridized carbons (Fsp3) is 0.471. The number of nitrogens with zero attached hydrogens (tertiary/aromatic N) is 1. The summed E-state index contributed by atoms with van der Waals surface area (Å²) in [6.45, 7) is 6.38. The Morgan fingerprint density at radius 1 is 1.42 bits per heavy atom. The topological polar surface area (TPSA) is 75.7 Å². The molecule has 1 fully saturated rings. The van der Waals surface area contributed by atoms with Crippen LogP contribution in [0.4, 0.5) is 5.69 Å². The first-order chi connectivity index (χ1) is 11.5. The van der Waals surface area contributed by atoms with E-state index in [9.17, 15) is 13.2 Å². The van der Waals surface area contributed by atoms with E-state index < -0.39 is 10.0 Å². The first kappa shape index (κ1) is 18.5. The van der Waals surface area contributed by atoms with Crippen LogP contribution in [0.3, 0.4) is 0 Å². The smallest absolute Gasteiger partial charge is 0.228 e. The molecule has 1 aromatic carbocycles. The van der Waals surface area contributed by atoms with E-state index >= 15 is 0 Å². The van der Waals surface area contributed by atoms with Crippen LogP contribution in [0.5, 0.6) is 5.75 Å². The van der Waals surface area contributed by atoms with Crippen molar-refractivity contribution in [3.8, 4) is 5.75 Å². The number of sulfonamides is 1. The SMILES string of the molecule is C=CCOc1ccc(NC(=O)[C@H]2CCCN(S(=O)(=O)CC)C2)cc1. The van der Waals surface area contributed by atoms with Crippen LogP contribution in [-0.2, 0) is 14.8 Å². The van der Waals surface area contributed by atoms with Gasteiger partial charge < -0.3 is 10.1 Å². The Morgan fingerprint density at radius 3 is 2.75 bits per heavy atom. The van der Waals surface area contributed by atoms with Crippen molar-refractivity contribution >= 4 is 21.6 Å². The Balaban J connectivity index is 1.95. The molecule has 0 spiro atoms. The third-order valence-corrected chi connectivity index (χ3v) is 5.85. The lowest BCUT2D eigenvalue weighted by Gasteiger charge is -2.30. The molecule has 24 heavy (non-hydrogen) atoms. The number of hydrogen-bond acceptors (Lipinski definition) is 4. The predicted molar refractivity (Wildman–Crippen MR) is 94.5 cm³/mol. The molecule has 1 N–H and O–H groups in total. The van der Waals surface area contributed by atoms with Crippen molar-refractivity contribution in [3.63, 3.8) is 0 Å². The number of carbonyl (C=O) groups excluding carboxylic acids is 1. The van der Waals surface area contributed by atoms with Crippen LogP contribution in [0.2, 0.25) is 0 Å². The number of benzene rings is 1. The van der Waals surface area contributed by atoms with Gasteiger partial charge in [0.15, 0.2) is 0 Å². The Morgan fingerprint density at radius 2 is 2.12 bits per heavy atom. The maximum atomic E-state index is 12.4. The van der Waals surface area contributed by atoms with E-state index in [4.69, 9.17) is 4.74 Å². The number of carbonyl (C=O) groups is 1. The molecule has 0 radical (unpaired) electrons. The van der Waals surface area contributed by atoms with Crippen LogP contribution in [0, 0.1) is 5.92 Å². The van der Waals surface area contributed by atoms with E-state index in [-0.39, 0.29) is 24.1 Å². The van der Waals surface area contributed by atoms with E-state index in [0.29, 0.717) is 37.4 Å². The number of nitrogens with one attached hydrogen (secondary N) is 1. The normalized spacial score (nSPS) is 18.8. The summed E-state index contributed by atoms with van der Waals surface area (Å²) in [4.78, 5) is 12.4. The van der Waals surface area contributed by atoms with Gasteiger partial charge in [-0.2, -0.15) is 0 Å². The summed E-state index contributed by atoms with van der Waals surface area (Å²) in [5, 5.41) is 2.85. The number of amides is 1. The zero-order chi connectivity index (χ0) is 17.6. The number of anilines is 1. The molecule has 0 saturated carbocycles. The quantitative estimate of drug-likeness (QED) is 0.764. The first-order valence-corrected chi connectivity index (χ1v) is 9.69. The summed E-state index contributed by atoms with van der Waals surface area (Å²) < 4.78 is 30.8. The Bertz CT molecular complexity index is 670. The summed E-state index contributed by atoms with van der Waals surface area (Å²) in [7, 11) is -3.25.